The molecule has 0 radical (unpaired) electrons. The fourth-order valence-electron chi connectivity index (χ4n) is 2.27. The Morgan fingerprint density at radius 3 is 2.50 bits per heavy atom. The first-order valence-corrected chi connectivity index (χ1v) is 7.72. The summed E-state index contributed by atoms with van der Waals surface area (Å²) < 4.78 is 0. The molecule has 0 saturated carbocycles. The largest absolute Gasteiger partial charge is 0.366 e. The van der Waals surface area contributed by atoms with E-state index < -0.39 is 5.91 Å². The molecule has 2 N–H and O–H groups in total. The van der Waals surface area contributed by atoms with Crippen LogP contribution in [0.25, 0.3) is 17.3 Å². The van der Waals surface area contributed by atoms with Gasteiger partial charge in [-0.25, -0.2) is 0 Å². The number of benzene rings is 1. The minimum atomic E-state index is -0.440. The Morgan fingerprint density at radius 1 is 1.14 bits per heavy atom. The zero-order valence-corrected chi connectivity index (χ0v) is 13.0. The number of primary amides is 1. The quantitative estimate of drug-likeness (QED) is 0.620. The van der Waals surface area contributed by atoms with Crippen molar-refractivity contribution in [2.45, 2.75) is 32.6 Å². The summed E-state index contributed by atoms with van der Waals surface area (Å²) in [6, 6.07) is 12.1. The highest BCUT2D eigenvalue weighted by Gasteiger charge is 2.00. The Hall–Kier alpha value is -2.42. The Bertz CT molecular complexity index is 627. The van der Waals surface area contributed by atoms with Gasteiger partial charge in [0.05, 0.1) is 5.69 Å². The monoisotopic (exact) mass is 294 g/mol. The molecule has 1 heterocycles. The number of nitrogens with zero attached hydrogens (tertiary/aromatic N) is 1. The van der Waals surface area contributed by atoms with Gasteiger partial charge in [-0.3, -0.25) is 9.78 Å². The van der Waals surface area contributed by atoms with Gasteiger partial charge in [0.15, 0.2) is 0 Å². The van der Waals surface area contributed by atoms with Crippen molar-refractivity contribution in [2.24, 2.45) is 5.73 Å². The van der Waals surface area contributed by atoms with Crippen LogP contribution in [-0.2, 0) is 11.2 Å². The van der Waals surface area contributed by atoms with Crippen molar-refractivity contribution in [3.63, 3.8) is 0 Å². The summed E-state index contributed by atoms with van der Waals surface area (Å²) >= 11 is 0. The van der Waals surface area contributed by atoms with Crippen LogP contribution in [0.5, 0.6) is 0 Å². The van der Waals surface area contributed by atoms with Gasteiger partial charge in [-0.2, -0.15) is 0 Å². The average Bonchev–Trinajstić information content (AvgIpc) is 2.54. The van der Waals surface area contributed by atoms with Gasteiger partial charge >= 0.3 is 0 Å². The molecule has 0 fully saturated rings. The molecular formula is C19H22N2O. The van der Waals surface area contributed by atoms with Crippen LogP contribution in [0, 0.1) is 0 Å². The van der Waals surface area contributed by atoms with Gasteiger partial charge in [-0.05, 0) is 36.1 Å². The molecule has 0 aliphatic rings. The molecular weight excluding hydrogens is 272 g/mol. The summed E-state index contributed by atoms with van der Waals surface area (Å²) in [6.45, 7) is 2.21. The van der Waals surface area contributed by atoms with Crippen molar-refractivity contribution in [2.75, 3.05) is 0 Å². The van der Waals surface area contributed by atoms with Crippen LogP contribution in [0.3, 0.4) is 0 Å². The first kappa shape index (κ1) is 16.0. The van der Waals surface area contributed by atoms with Crippen LogP contribution in [-0.4, -0.2) is 10.9 Å². The molecule has 0 aliphatic carbocycles. The third-order valence-corrected chi connectivity index (χ3v) is 3.54. The second-order valence-corrected chi connectivity index (χ2v) is 5.37. The lowest BCUT2D eigenvalue weighted by Crippen LogP contribution is -2.04. The number of aryl methyl sites for hydroxylation is 1. The molecule has 3 heteroatoms. The molecule has 1 aromatic heterocycles. The minimum absolute atomic E-state index is 0.440. The Labute approximate surface area is 131 Å². The van der Waals surface area contributed by atoms with Crippen LogP contribution in [0.1, 0.15) is 37.3 Å². The topological polar surface area (TPSA) is 56.0 Å². The number of pyridine rings is 1. The number of aromatic nitrogens is 1. The predicted octanol–water partition coefficient (Wildman–Crippen LogP) is 3.98. The van der Waals surface area contributed by atoms with E-state index in [0.717, 1.165) is 23.2 Å². The standard InChI is InChI=1S/C19H22N2O/c1-2-3-4-5-16-8-12-18(21-14-16)17-10-6-15(7-11-17)9-13-19(20)22/h6-14H,2-5H2,1H3,(H2,20,22)/b13-9+. The van der Waals surface area contributed by atoms with E-state index in [9.17, 15) is 4.79 Å². The molecule has 0 saturated heterocycles. The third kappa shape index (κ3) is 4.85. The molecule has 0 aliphatic heterocycles. The van der Waals surface area contributed by atoms with Crippen LogP contribution < -0.4 is 5.73 Å². The first-order chi connectivity index (χ1) is 10.7. The Morgan fingerprint density at radius 2 is 1.91 bits per heavy atom. The molecule has 114 valence electrons. The van der Waals surface area contributed by atoms with Gasteiger partial charge in [0, 0.05) is 17.8 Å². The number of hydrogen-bond acceptors (Lipinski definition) is 2. The lowest BCUT2D eigenvalue weighted by atomic mass is 10.1. The Balaban J connectivity index is 2.03. The first-order valence-electron chi connectivity index (χ1n) is 7.72. The maximum atomic E-state index is 10.7. The molecule has 1 aromatic carbocycles. The third-order valence-electron chi connectivity index (χ3n) is 3.54. The maximum Gasteiger partial charge on any atom is 0.241 e. The highest BCUT2D eigenvalue weighted by molar-refractivity contribution is 5.90. The fourth-order valence-corrected chi connectivity index (χ4v) is 2.27. The molecule has 2 rings (SSSR count). The number of nitrogens with two attached hydrogens (primary N) is 1. The van der Waals surface area contributed by atoms with E-state index in [0.29, 0.717) is 0 Å². The van der Waals surface area contributed by atoms with E-state index in [4.69, 9.17) is 5.73 Å². The van der Waals surface area contributed by atoms with Gasteiger partial charge in [0.1, 0.15) is 0 Å². The lowest BCUT2D eigenvalue weighted by molar-refractivity contribution is -0.113. The van der Waals surface area contributed by atoms with Gasteiger partial charge in [0.25, 0.3) is 0 Å². The highest BCUT2D eigenvalue weighted by atomic mass is 16.1. The molecule has 2 aromatic rings. The van der Waals surface area contributed by atoms with Gasteiger partial charge in [-0.1, -0.05) is 50.1 Å². The maximum absolute atomic E-state index is 10.7. The molecule has 0 atom stereocenters. The van der Waals surface area contributed by atoms with Crippen molar-refractivity contribution in [3.8, 4) is 11.3 Å². The van der Waals surface area contributed by atoms with Crippen molar-refractivity contribution in [3.05, 3.63) is 59.8 Å². The summed E-state index contributed by atoms with van der Waals surface area (Å²) in [4.78, 5) is 15.3. The minimum Gasteiger partial charge on any atom is -0.366 e. The smallest absolute Gasteiger partial charge is 0.241 e. The SMILES string of the molecule is CCCCCc1ccc(-c2ccc(/C=C/C(N)=O)cc2)nc1. The molecule has 0 bridgehead atoms. The van der Waals surface area contributed by atoms with E-state index in [-0.39, 0.29) is 0 Å². The number of carbonyl (C=O) groups is 1. The van der Waals surface area contributed by atoms with Crippen molar-refractivity contribution in [1.82, 2.24) is 4.98 Å². The summed E-state index contributed by atoms with van der Waals surface area (Å²) in [5.74, 6) is -0.440. The molecule has 0 unspecified atom stereocenters. The van der Waals surface area contributed by atoms with Crippen molar-refractivity contribution < 1.29 is 4.79 Å². The molecule has 1 amide bonds. The Kier molecular flexibility index (Phi) is 5.90. The highest BCUT2D eigenvalue weighted by Crippen LogP contribution is 2.19. The number of carbonyl (C=O) groups excluding carboxylic acids is 1. The van der Waals surface area contributed by atoms with E-state index in [1.807, 2.05) is 30.5 Å². The van der Waals surface area contributed by atoms with Crippen molar-refractivity contribution in [1.29, 1.82) is 0 Å². The molecule has 3 nitrogen and oxygen atoms in total. The number of rotatable bonds is 7. The lowest BCUT2D eigenvalue weighted by Gasteiger charge is -2.04. The van der Waals surface area contributed by atoms with Crippen LogP contribution >= 0.6 is 0 Å². The summed E-state index contributed by atoms with van der Waals surface area (Å²) in [6.07, 6.45) is 9.85. The summed E-state index contributed by atoms with van der Waals surface area (Å²) in [5, 5.41) is 0. The normalized spacial score (nSPS) is 11.0. The number of hydrogen-bond donors (Lipinski definition) is 1. The van der Waals surface area contributed by atoms with Crippen LogP contribution in [0.2, 0.25) is 0 Å². The van der Waals surface area contributed by atoms with Crippen LogP contribution in [0.15, 0.2) is 48.7 Å². The van der Waals surface area contributed by atoms with E-state index in [1.165, 1.54) is 30.9 Å². The fraction of sp³-hybridized carbons (Fsp3) is 0.263. The van der Waals surface area contributed by atoms with E-state index >= 15 is 0 Å². The zero-order chi connectivity index (χ0) is 15.8. The second-order valence-electron chi connectivity index (χ2n) is 5.37. The van der Waals surface area contributed by atoms with Gasteiger partial charge < -0.3 is 5.73 Å². The van der Waals surface area contributed by atoms with Gasteiger partial charge in [-0.15, -0.1) is 0 Å². The average molecular weight is 294 g/mol. The van der Waals surface area contributed by atoms with E-state index in [2.05, 4.69) is 24.0 Å². The predicted molar refractivity (Wildman–Crippen MR) is 91.1 cm³/mol. The number of unbranched alkanes of at least 4 members (excludes halogenated alkanes) is 2. The van der Waals surface area contributed by atoms with Crippen LogP contribution in [0.4, 0.5) is 0 Å². The zero-order valence-electron chi connectivity index (χ0n) is 13.0. The van der Waals surface area contributed by atoms with Crippen molar-refractivity contribution >= 4 is 12.0 Å². The summed E-state index contributed by atoms with van der Waals surface area (Å²) in [7, 11) is 0. The molecule has 22 heavy (non-hydrogen) atoms. The molecule has 0 spiro atoms. The van der Waals surface area contributed by atoms with Gasteiger partial charge in [0.2, 0.25) is 5.91 Å². The van der Waals surface area contributed by atoms with E-state index in [1.54, 1.807) is 6.08 Å². The summed E-state index contributed by atoms with van der Waals surface area (Å²) in [5.41, 5.74) is 9.35. The number of amides is 1. The second kappa shape index (κ2) is 8.13.